The minimum Gasteiger partial charge on any atom is -0.394 e. The van der Waals surface area contributed by atoms with Crippen molar-refractivity contribution in [2.75, 3.05) is 13.7 Å². The quantitative estimate of drug-likeness (QED) is 0.870. The van der Waals surface area contributed by atoms with Crippen molar-refractivity contribution in [3.8, 4) is 0 Å². The lowest BCUT2D eigenvalue weighted by Crippen LogP contribution is -2.47. The van der Waals surface area contributed by atoms with Crippen LogP contribution >= 0.6 is 0 Å². The monoisotopic (exact) mass is 246 g/mol. The maximum absolute atomic E-state index is 12.3. The number of carbonyl (C=O) groups is 1. The molecule has 96 valence electrons. The molecule has 1 aromatic heterocycles. The molecule has 0 bridgehead atoms. The van der Waals surface area contributed by atoms with Gasteiger partial charge < -0.3 is 15.0 Å². The molecule has 0 unspecified atom stereocenters. The summed E-state index contributed by atoms with van der Waals surface area (Å²) >= 11 is 0. The van der Waals surface area contributed by atoms with Crippen LogP contribution in [0.5, 0.6) is 0 Å². The number of hydrogen-bond donors (Lipinski definition) is 2. The number of aliphatic hydroxyl groups excluding tert-OH is 1. The normalized spacial score (nSPS) is 11.8. The van der Waals surface area contributed by atoms with E-state index in [0.717, 1.165) is 10.9 Å². The maximum Gasteiger partial charge on any atom is 0.270 e. The third kappa shape index (κ3) is 2.11. The van der Waals surface area contributed by atoms with Gasteiger partial charge in [0.05, 0.1) is 12.1 Å². The molecule has 2 N–H and O–H groups in total. The molecule has 4 nitrogen and oxygen atoms in total. The molecule has 0 atom stereocenters. The topological polar surface area (TPSA) is 56.3 Å². The van der Waals surface area contributed by atoms with Crippen LogP contribution in [-0.2, 0) is 0 Å². The number of amides is 1. The second kappa shape index (κ2) is 4.46. The minimum absolute atomic E-state index is 0.0739. The highest BCUT2D eigenvalue weighted by atomic mass is 16.3. The van der Waals surface area contributed by atoms with Gasteiger partial charge in [0.1, 0.15) is 5.69 Å². The lowest BCUT2D eigenvalue weighted by molar-refractivity contribution is 0.0468. The van der Waals surface area contributed by atoms with Crippen LogP contribution in [0.25, 0.3) is 10.9 Å². The number of hydrogen-bond acceptors (Lipinski definition) is 2. The maximum atomic E-state index is 12.3. The van der Waals surface area contributed by atoms with Gasteiger partial charge in [0.25, 0.3) is 5.91 Å². The lowest BCUT2D eigenvalue weighted by atomic mass is 10.0. The number of aliphatic hydroxyl groups is 1. The Kier molecular flexibility index (Phi) is 3.13. The van der Waals surface area contributed by atoms with Crippen molar-refractivity contribution >= 4 is 16.8 Å². The number of aromatic amines is 1. The van der Waals surface area contributed by atoms with Crippen molar-refractivity contribution in [3.63, 3.8) is 0 Å². The first-order valence-electron chi connectivity index (χ1n) is 5.92. The van der Waals surface area contributed by atoms with E-state index in [1.807, 2.05) is 44.2 Å². The van der Waals surface area contributed by atoms with Crippen LogP contribution in [0.1, 0.15) is 24.3 Å². The first-order chi connectivity index (χ1) is 8.45. The van der Waals surface area contributed by atoms with Crippen LogP contribution in [0, 0.1) is 0 Å². The zero-order valence-electron chi connectivity index (χ0n) is 10.9. The molecule has 0 saturated carbocycles. The molecular weight excluding hydrogens is 228 g/mol. The van der Waals surface area contributed by atoms with Crippen LogP contribution in [0.2, 0.25) is 0 Å². The lowest BCUT2D eigenvalue weighted by Gasteiger charge is -2.33. The first kappa shape index (κ1) is 12.6. The van der Waals surface area contributed by atoms with E-state index in [2.05, 4.69) is 4.98 Å². The van der Waals surface area contributed by atoms with Gasteiger partial charge in [-0.1, -0.05) is 18.2 Å². The SMILES string of the molecule is CN(C(=O)c1cc2ccccc2[nH]1)C(C)(C)CO. The van der Waals surface area contributed by atoms with Crippen molar-refractivity contribution in [2.24, 2.45) is 0 Å². The zero-order chi connectivity index (χ0) is 13.3. The van der Waals surface area contributed by atoms with Gasteiger partial charge in [-0.2, -0.15) is 0 Å². The Balaban J connectivity index is 2.34. The molecule has 0 aliphatic rings. The average molecular weight is 246 g/mol. The highest BCUT2D eigenvalue weighted by Gasteiger charge is 2.28. The summed E-state index contributed by atoms with van der Waals surface area (Å²) < 4.78 is 0. The van der Waals surface area contributed by atoms with E-state index in [1.54, 1.807) is 11.9 Å². The van der Waals surface area contributed by atoms with Crippen molar-refractivity contribution < 1.29 is 9.90 Å². The minimum atomic E-state index is -0.575. The summed E-state index contributed by atoms with van der Waals surface area (Å²) in [5.41, 5.74) is 0.908. The van der Waals surface area contributed by atoms with Gasteiger partial charge in [0.2, 0.25) is 0 Å². The number of para-hydroxylation sites is 1. The standard InChI is InChI=1S/C14H18N2O2/c1-14(2,9-17)16(3)13(18)12-8-10-6-4-5-7-11(10)15-12/h4-8,15,17H,9H2,1-3H3. The smallest absolute Gasteiger partial charge is 0.270 e. The van der Waals surface area contributed by atoms with Gasteiger partial charge in [0.15, 0.2) is 0 Å². The van der Waals surface area contributed by atoms with Crippen LogP contribution in [0.4, 0.5) is 0 Å². The molecule has 0 aliphatic carbocycles. The zero-order valence-corrected chi connectivity index (χ0v) is 10.9. The Morgan fingerprint density at radius 2 is 2.06 bits per heavy atom. The number of fused-ring (bicyclic) bond motifs is 1. The van der Waals surface area contributed by atoms with Crippen LogP contribution in [-0.4, -0.2) is 40.1 Å². The summed E-state index contributed by atoms with van der Waals surface area (Å²) in [6.45, 7) is 3.58. The Hall–Kier alpha value is -1.81. The second-order valence-electron chi connectivity index (χ2n) is 5.10. The average Bonchev–Trinajstić information content (AvgIpc) is 2.80. The van der Waals surface area contributed by atoms with E-state index in [-0.39, 0.29) is 12.5 Å². The number of H-pyrrole nitrogens is 1. The van der Waals surface area contributed by atoms with Gasteiger partial charge in [-0.3, -0.25) is 4.79 Å². The van der Waals surface area contributed by atoms with Crippen molar-refractivity contribution in [1.29, 1.82) is 0 Å². The first-order valence-corrected chi connectivity index (χ1v) is 5.92. The second-order valence-corrected chi connectivity index (χ2v) is 5.10. The molecule has 1 amide bonds. The summed E-state index contributed by atoms with van der Waals surface area (Å²) in [6.07, 6.45) is 0. The van der Waals surface area contributed by atoms with Crippen molar-refractivity contribution in [3.05, 3.63) is 36.0 Å². The number of aromatic nitrogens is 1. The summed E-state index contributed by atoms with van der Waals surface area (Å²) in [5.74, 6) is -0.120. The number of nitrogens with one attached hydrogen (secondary N) is 1. The summed E-state index contributed by atoms with van der Waals surface area (Å²) in [6, 6.07) is 9.59. The molecule has 1 heterocycles. The van der Waals surface area contributed by atoms with Gasteiger partial charge in [-0.25, -0.2) is 0 Å². The molecule has 1 aromatic carbocycles. The molecule has 0 saturated heterocycles. The Bertz CT molecular complexity index is 539. The Labute approximate surface area is 106 Å². The summed E-state index contributed by atoms with van der Waals surface area (Å²) in [5, 5.41) is 10.3. The highest BCUT2D eigenvalue weighted by molar-refractivity contribution is 5.98. The van der Waals surface area contributed by atoms with E-state index in [4.69, 9.17) is 0 Å². The van der Waals surface area contributed by atoms with Crippen LogP contribution < -0.4 is 0 Å². The molecule has 0 aliphatic heterocycles. The molecule has 18 heavy (non-hydrogen) atoms. The molecule has 4 heteroatoms. The number of likely N-dealkylation sites (N-methyl/N-ethyl adjacent to an activating group) is 1. The summed E-state index contributed by atoms with van der Waals surface area (Å²) in [4.78, 5) is 17.0. The van der Waals surface area contributed by atoms with Gasteiger partial charge in [0, 0.05) is 18.0 Å². The number of rotatable bonds is 3. The third-order valence-electron chi connectivity index (χ3n) is 3.36. The van der Waals surface area contributed by atoms with E-state index in [0.29, 0.717) is 5.69 Å². The number of nitrogens with zero attached hydrogens (tertiary/aromatic N) is 1. The van der Waals surface area contributed by atoms with Crippen molar-refractivity contribution in [1.82, 2.24) is 9.88 Å². The van der Waals surface area contributed by atoms with E-state index < -0.39 is 5.54 Å². The fraction of sp³-hybridized carbons (Fsp3) is 0.357. The molecule has 2 rings (SSSR count). The largest absolute Gasteiger partial charge is 0.394 e. The number of benzene rings is 1. The summed E-state index contributed by atoms with van der Waals surface area (Å²) in [7, 11) is 1.70. The molecule has 0 fully saturated rings. The number of carbonyl (C=O) groups excluding carboxylic acids is 1. The van der Waals surface area contributed by atoms with E-state index in [9.17, 15) is 9.90 Å². The fourth-order valence-corrected chi connectivity index (χ4v) is 1.75. The Morgan fingerprint density at radius 1 is 1.39 bits per heavy atom. The highest BCUT2D eigenvalue weighted by Crippen LogP contribution is 2.19. The molecule has 2 aromatic rings. The predicted molar refractivity (Wildman–Crippen MR) is 71.6 cm³/mol. The third-order valence-corrected chi connectivity index (χ3v) is 3.36. The van der Waals surface area contributed by atoms with Crippen LogP contribution in [0.15, 0.2) is 30.3 Å². The van der Waals surface area contributed by atoms with Gasteiger partial charge >= 0.3 is 0 Å². The van der Waals surface area contributed by atoms with Gasteiger partial charge in [-0.15, -0.1) is 0 Å². The van der Waals surface area contributed by atoms with Crippen molar-refractivity contribution in [2.45, 2.75) is 19.4 Å². The predicted octanol–water partition coefficient (Wildman–Crippen LogP) is 2.01. The fourth-order valence-electron chi connectivity index (χ4n) is 1.75. The van der Waals surface area contributed by atoms with Crippen LogP contribution in [0.3, 0.4) is 0 Å². The van der Waals surface area contributed by atoms with E-state index >= 15 is 0 Å². The van der Waals surface area contributed by atoms with E-state index in [1.165, 1.54) is 0 Å². The van der Waals surface area contributed by atoms with Gasteiger partial charge in [-0.05, 0) is 26.0 Å². The molecular formula is C14H18N2O2. The Morgan fingerprint density at radius 3 is 2.67 bits per heavy atom. The molecule has 0 radical (unpaired) electrons. The molecule has 0 spiro atoms.